The molecule has 0 amide bonds. The molecule has 2 aromatic carbocycles. The van der Waals surface area contributed by atoms with Crippen LogP contribution in [0.2, 0.25) is 0 Å². The van der Waals surface area contributed by atoms with Crippen LogP contribution in [0.4, 0.5) is 11.7 Å². The molecule has 37 heavy (non-hydrogen) atoms. The summed E-state index contributed by atoms with van der Waals surface area (Å²) in [7, 11) is 1.69. The predicted molar refractivity (Wildman–Crippen MR) is 144 cm³/mol. The Hall–Kier alpha value is -3.07. The van der Waals surface area contributed by atoms with Crippen LogP contribution in [0.25, 0.3) is 0 Å². The minimum atomic E-state index is 0.436. The van der Waals surface area contributed by atoms with Crippen LogP contribution in [0.5, 0.6) is 5.75 Å². The van der Waals surface area contributed by atoms with Gasteiger partial charge in [-0.15, -0.1) is 0 Å². The van der Waals surface area contributed by atoms with Gasteiger partial charge in [-0.3, -0.25) is 4.90 Å². The number of methoxy groups -OCH3 is 1. The molecule has 0 radical (unpaired) electrons. The summed E-state index contributed by atoms with van der Waals surface area (Å²) in [5.41, 5.74) is 4.45. The first-order valence-corrected chi connectivity index (χ1v) is 13.3. The third-order valence-electron chi connectivity index (χ3n) is 7.00. The van der Waals surface area contributed by atoms with Crippen molar-refractivity contribution in [3.05, 3.63) is 71.6 Å². The molecule has 0 unspecified atom stereocenters. The molecule has 8 nitrogen and oxygen atoms in total. The Kier molecular flexibility index (Phi) is 8.95. The highest BCUT2D eigenvalue weighted by Gasteiger charge is 2.17. The van der Waals surface area contributed by atoms with Gasteiger partial charge in [-0.1, -0.05) is 24.3 Å². The van der Waals surface area contributed by atoms with Crippen molar-refractivity contribution in [2.24, 2.45) is 0 Å². The van der Waals surface area contributed by atoms with Crippen LogP contribution >= 0.6 is 0 Å². The fourth-order valence-electron chi connectivity index (χ4n) is 4.89. The van der Waals surface area contributed by atoms with Crippen LogP contribution in [0.3, 0.4) is 0 Å². The van der Waals surface area contributed by atoms with E-state index in [2.05, 4.69) is 51.1 Å². The molecule has 8 heteroatoms. The summed E-state index contributed by atoms with van der Waals surface area (Å²) in [5, 5.41) is 0. The molecule has 198 valence electrons. The summed E-state index contributed by atoms with van der Waals surface area (Å²) in [6, 6.07) is 17.6. The minimum absolute atomic E-state index is 0.436. The van der Waals surface area contributed by atoms with E-state index in [9.17, 15) is 0 Å². The Morgan fingerprint density at radius 3 is 2.51 bits per heavy atom. The van der Waals surface area contributed by atoms with E-state index in [1.807, 2.05) is 12.1 Å². The molecule has 0 saturated carbocycles. The van der Waals surface area contributed by atoms with Crippen LogP contribution in [-0.2, 0) is 29.2 Å². The second kappa shape index (κ2) is 12.9. The van der Waals surface area contributed by atoms with Gasteiger partial charge in [0.2, 0.25) is 0 Å². The van der Waals surface area contributed by atoms with Gasteiger partial charge in [0.15, 0.2) is 0 Å². The van der Waals surface area contributed by atoms with E-state index < -0.39 is 0 Å². The van der Waals surface area contributed by atoms with Crippen molar-refractivity contribution in [1.82, 2.24) is 9.88 Å². The Morgan fingerprint density at radius 2 is 1.73 bits per heavy atom. The normalized spacial score (nSPS) is 16.3. The van der Waals surface area contributed by atoms with Gasteiger partial charge in [-0.2, -0.15) is 4.98 Å². The first-order valence-electron chi connectivity index (χ1n) is 13.3. The van der Waals surface area contributed by atoms with Gasteiger partial charge in [0.1, 0.15) is 17.7 Å². The lowest BCUT2D eigenvalue weighted by Gasteiger charge is -2.26. The first kappa shape index (κ1) is 25.6. The van der Waals surface area contributed by atoms with Gasteiger partial charge in [0.05, 0.1) is 33.5 Å². The van der Waals surface area contributed by atoms with E-state index in [1.165, 1.54) is 24.1 Å². The number of morpholine rings is 1. The standard InChI is InChI=1S/C29H38N4O4/c1-34-28-6-4-5-25(19-28)21-33(20-24-7-9-27(10-8-24)32-11-2-3-12-32)29-30-26(23-37-29)22-36-18-15-31-13-16-35-17-14-31/h4-10,19,23H,2-3,11-18,20-22H2,1H3. The van der Waals surface area contributed by atoms with Gasteiger partial charge in [0, 0.05) is 51.5 Å². The van der Waals surface area contributed by atoms with E-state index in [1.54, 1.807) is 13.4 Å². The van der Waals surface area contributed by atoms with Crippen molar-refractivity contribution in [2.75, 3.05) is 69.5 Å². The minimum Gasteiger partial charge on any atom is -0.497 e. The third kappa shape index (κ3) is 7.25. The van der Waals surface area contributed by atoms with Gasteiger partial charge in [0.25, 0.3) is 6.01 Å². The molecule has 2 saturated heterocycles. The maximum absolute atomic E-state index is 5.95. The summed E-state index contributed by atoms with van der Waals surface area (Å²) in [6.45, 7) is 9.19. The van der Waals surface area contributed by atoms with Crippen LogP contribution in [-0.4, -0.2) is 69.5 Å². The number of hydrogen-bond donors (Lipinski definition) is 0. The molecule has 2 aliphatic heterocycles. The monoisotopic (exact) mass is 506 g/mol. The Morgan fingerprint density at radius 1 is 0.946 bits per heavy atom. The number of aromatic nitrogens is 1. The van der Waals surface area contributed by atoms with E-state index in [4.69, 9.17) is 23.6 Å². The molecule has 0 atom stereocenters. The Balaban J connectivity index is 1.23. The van der Waals surface area contributed by atoms with Crippen molar-refractivity contribution >= 4 is 11.7 Å². The zero-order valence-corrected chi connectivity index (χ0v) is 21.8. The van der Waals surface area contributed by atoms with Crippen LogP contribution in [0.1, 0.15) is 29.7 Å². The van der Waals surface area contributed by atoms with Crippen molar-refractivity contribution in [1.29, 1.82) is 0 Å². The molecule has 0 N–H and O–H groups in total. The maximum Gasteiger partial charge on any atom is 0.298 e. The quantitative estimate of drug-likeness (QED) is 0.336. The third-order valence-corrected chi connectivity index (χ3v) is 7.00. The average molecular weight is 507 g/mol. The number of ether oxygens (including phenoxy) is 3. The van der Waals surface area contributed by atoms with Gasteiger partial charge in [-0.25, -0.2) is 0 Å². The highest BCUT2D eigenvalue weighted by Crippen LogP contribution is 2.24. The van der Waals surface area contributed by atoms with Crippen molar-refractivity contribution in [3.8, 4) is 5.75 Å². The zero-order chi connectivity index (χ0) is 25.3. The number of benzene rings is 2. The molecule has 0 aliphatic carbocycles. The van der Waals surface area contributed by atoms with Gasteiger partial charge in [-0.05, 0) is 48.2 Å². The van der Waals surface area contributed by atoms with Gasteiger partial charge >= 0.3 is 0 Å². The number of hydrogen-bond acceptors (Lipinski definition) is 8. The number of oxazole rings is 1. The molecular formula is C29H38N4O4. The van der Waals surface area contributed by atoms with E-state index >= 15 is 0 Å². The van der Waals surface area contributed by atoms with Crippen molar-refractivity contribution in [2.45, 2.75) is 32.5 Å². The summed E-state index contributed by atoms with van der Waals surface area (Å²) in [6.07, 6.45) is 4.26. The number of nitrogens with zero attached hydrogens (tertiary/aromatic N) is 4. The molecular weight excluding hydrogens is 468 g/mol. The molecule has 0 bridgehead atoms. The van der Waals surface area contributed by atoms with E-state index in [-0.39, 0.29) is 0 Å². The fourth-order valence-corrected chi connectivity index (χ4v) is 4.89. The Labute approximate surface area is 219 Å². The Bertz CT molecular complexity index is 1090. The fraction of sp³-hybridized carbons (Fsp3) is 0.483. The lowest BCUT2D eigenvalue weighted by atomic mass is 10.1. The summed E-state index contributed by atoms with van der Waals surface area (Å²) < 4.78 is 22.7. The van der Waals surface area contributed by atoms with Crippen molar-refractivity contribution < 1.29 is 18.6 Å². The second-order valence-electron chi connectivity index (χ2n) is 9.70. The topological polar surface area (TPSA) is 63.4 Å². The highest BCUT2D eigenvalue weighted by molar-refractivity contribution is 5.49. The molecule has 2 fully saturated rings. The van der Waals surface area contributed by atoms with E-state index in [0.29, 0.717) is 32.3 Å². The molecule has 5 rings (SSSR count). The summed E-state index contributed by atoms with van der Waals surface area (Å²) in [5.74, 6) is 0.842. The highest BCUT2D eigenvalue weighted by atomic mass is 16.5. The number of rotatable bonds is 12. The molecule has 0 spiro atoms. The van der Waals surface area contributed by atoms with Gasteiger partial charge < -0.3 is 28.4 Å². The van der Waals surface area contributed by atoms with Crippen LogP contribution in [0, 0.1) is 0 Å². The second-order valence-corrected chi connectivity index (χ2v) is 9.70. The molecule has 3 heterocycles. The van der Waals surface area contributed by atoms with Crippen molar-refractivity contribution in [3.63, 3.8) is 0 Å². The lowest BCUT2D eigenvalue weighted by Crippen LogP contribution is -2.38. The smallest absolute Gasteiger partial charge is 0.298 e. The summed E-state index contributed by atoms with van der Waals surface area (Å²) >= 11 is 0. The first-order chi connectivity index (χ1) is 18.3. The number of anilines is 2. The van der Waals surface area contributed by atoms with Crippen LogP contribution < -0.4 is 14.5 Å². The van der Waals surface area contributed by atoms with Crippen LogP contribution in [0.15, 0.2) is 59.2 Å². The lowest BCUT2D eigenvalue weighted by molar-refractivity contribution is 0.0177. The largest absolute Gasteiger partial charge is 0.497 e. The predicted octanol–water partition coefficient (Wildman–Crippen LogP) is 4.34. The molecule has 3 aromatic rings. The molecule has 2 aliphatic rings. The maximum atomic E-state index is 5.95. The summed E-state index contributed by atoms with van der Waals surface area (Å²) in [4.78, 5) is 11.8. The molecule has 1 aromatic heterocycles. The SMILES string of the molecule is COc1cccc(CN(Cc2ccc(N3CCCC3)cc2)c2nc(COCCN3CCOCC3)co2)c1. The zero-order valence-electron chi connectivity index (χ0n) is 21.8. The average Bonchev–Trinajstić information content (AvgIpc) is 3.65. The van der Waals surface area contributed by atoms with E-state index in [0.717, 1.165) is 62.9 Å².